The normalized spacial score (nSPS) is 21.3. The quantitative estimate of drug-likeness (QED) is 0.893. The van der Waals surface area contributed by atoms with E-state index >= 15 is 0 Å². The van der Waals surface area contributed by atoms with Crippen molar-refractivity contribution in [3.05, 3.63) is 34.7 Å². The van der Waals surface area contributed by atoms with Crippen molar-refractivity contribution in [1.29, 1.82) is 0 Å². The van der Waals surface area contributed by atoms with Gasteiger partial charge in [0.1, 0.15) is 11.9 Å². The second kappa shape index (κ2) is 6.63. The fourth-order valence-corrected chi connectivity index (χ4v) is 4.23. The zero-order valence-electron chi connectivity index (χ0n) is 14.2. The number of anilines is 1. The van der Waals surface area contributed by atoms with Crippen LogP contribution < -0.4 is 5.32 Å². The van der Waals surface area contributed by atoms with E-state index in [0.717, 1.165) is 12.2 Å². The van der Waals surface area contributed by atoms with Crippen molar-refractivity contribution in [1.82, 2.24) is 14.7 Å². The molecule has 2 fully saturated rings. The summed E-state index contributed by atoms with van der Waals surface area (Å²) in [5.41, 5.74) is 0. The first kappa shape index (κ1) is 16.3. The molecule has 2 aromatic heterocycles. The molecule has 2 atom stereocenters. The number of carbonyl (C=O) groups excluding carboxylic acids is 2. The summed E-state index contributed by atoms with van der Waals surface area (Å²) in [6, 6.07) is 5.39. The van der Waals surface area contributed by atoms with Crippen LogP contribution in [0.5, 0.6) is 0 Å². The van der Waals surface area contributed by atoms with Crippen molar-refractivity contribution < 1.29 is 9.59 Å². The zero-order chi connectivity index (χ0) is 17.4. The van der Waals surface area contributed by atoms with E-state index in [1.54, 1.807) is 11.1 Å². The molecule has 132 valence electrons. The van der Waals surface area contributed by atoms with Crippen LogP contribution in [0.25, 0.3) is 0 Å². The van der Waals surface area contributed by atoms with Gasteiger partial charge < -0.3 is 10.2 Å². The van der Waals surface area contributed by atoms with Gasteiger partial charge in [0, 0.05) is 12.6 Å². The number of hydrogen-bond donors (Lipinski definition) is 1. The lowest BCUT2D eigenvalue weighted by atomic mass is 10.2. The Balaban J connectivity index is 1.47. The number of nitrogens with zero attached hydrogens (tertiary/aromatic N) is 3. The summed E-state index contributed by atoms with van der Waals surface area (Å²) in [5, 5.41) is 9.26. The monoisotopic (exact) mass is 358 g/mol. The molecule has 1 saturated heterocycles. The zero-order valence-corrected chi connectivity index (χ0v) is 15.0. The highest BCUT2D eigenvalue weighted by Crippen LogP contribution is 2.40. The first-order valence-corrected chi connectivity index (χ1v) is 9.72. The third-order valence-corrected chi connectivity index (χ3v) is 6.02. The van der Waals surface area contributed by atoms with Gasteiger partial charge in [0.25, 0.3) is 5.91 Å². The Bertz CT molecular complexity index is 766. The van der Waals surface area contributed by atoms with Crippen molar-refractivity contribution in [2.24, 2.45) is 5.92 Å². The van der Waals surface area contributed by atoms with Gasteiger partial charge in [-0.1, -0.05) is 6.07 Å². The molecule has 2 amide bonds. The molecule has 1 saturated carbocycles. The van der Waals surface area contributed by atoms with Crippen LogP contribution in [0.3, 0.4) is 0 Å². The fraction of sp³-hybridized carbons (Fsp3) is 0.500. The molecular weight excluding hydrogens is 336 g/mol. The molecule has 0 unspecified atom stereocenters. The Morgan fingerprint density at radius 3 is 2.88 bits per heavy atom. The SMILES string of the molecule is C[C@@H](C1CC1)n1nccc1NC(=O)[C@@H]1CCCN1C(=O)c1cccs1. The highest BCUT2D eigenvalue weighted by molar-refractivity contribution is 7.12. The summed E-state index contributed by atoms with van der Waals surface area (Å²) >= 11 is 1.42. The van der Waals surface area contributed by atoms with E-state index < -0.39 is 6.04 Å². The minimum atomic E-state index is -0.408. The third-order valence-electron chi connectivity index (χ3n) is 5.16. The first-order valence-electron chi connectivity index (χ1n) is 8.84. The van der Waals surface area contributed by atoms with E-state index in [1.165, 1.54) is 24.2 Å². The van der Waals surface area contributed by atoms with Gasteiger partial charge in [-0.25, -0.2) is 4.68 Å². The standard InChI is InChI=1S/C18H22N4O2S/c1-12(13-6-7-13)22-16(8-9-19-22)20-17(23)14-4-2-10-21(14)18(24)15-5-3-11-25-15/h3,5,8-9,11-14H,2,4,6-7,10H2,1H3,(H,20,23)/t12-,14-/m0/s1. The number of rotatable bonds is 5. The molecule has 3 heterocycles. The first-order chi connectivity index (χ1) is 12.1. The van der Waals surface area contributed by atoms with E-state index in [0.29, 0.717) is 23.8 Å². The van der Waals surface area contributed by atoms with Crippen LogP contribution in [-0.2, 0) is 4.79 Å². The van der Waals surface area contributed by atoms with Crippen LogP contribution in [-0.4, -0.2) is 39.1 Å². The third kappa shape index (κ3) is 3.20. The molecule has 2 aliphatic rings. The average Bonchev–Trinajstić information content (AvgIpc) is 3.05. The molecule has 6 nitrogen and oxygen atoms in total. The lowest BCUT2D eigenvalue weighted by Crippen LogP contribution is -2.43. The largest absolute Gasteiger partial charge is 0.326 e. The summed E-state index contributed by atoms with van der Waals surface area (Å²) in [6.45, 7) is 2.77. The Morgan fingerprint density at radius 1 is 1.32 bits per heavy atom. The average molecular weight is 358 g/mol. The van der Waals surface area contributed by atoms with Gasteiger partial charge in [-0.05, 0) is 50.0 Å². The van der Waals surface area contributed by atoms with E-state index in [2.05, 4.69) is 17.3 Å². The lowest BCUT2D eigenvalue weighted by molar-refractivity contribution is -0.119. The molecule has 2 aromatic rings. The van der Waals surface area contributed by atoms with Gasteiger partial charge in [-0.3, -0.25) is 9.59 Å². The molecule has 1 aliphatic heterocycles. The van der Waals surface area contributed by atoms with Crippen LogP contribution >= 0.6 is 11.3 Å². The number of nitrogens with one attached hydrogen (secondary N) is 1. The van der Waals surface area contributed by atoms with Crippen LogP contribution in [0, 0.1) is 5.92 Å². The van der Waals surface area contributed by atoms with Crippen molar-refractivity contribution in [2.45, 2.75) is 44.7 Å². The maximum absolute atomic E-state index is 12.8. The molecule has 0 bridgehead atoms. The number of hydrogen-bond acceptors (Lipinski definition) is 4. The van der Waals surface area contributed by atoms with E-state index in [1.807, 2.05) is 28.3 Å². The molecular formula is C18H22N4O2S. The molecule has 4 rings (SSSR count). The minimum Gasteiger partial charge on any atom is -0.326 e. The van der Waals surface area contributed by atoms with Crippen molar-refractivity contribution in [3.8, 4) is 0 Å². The van der Waals surface area contributed by atoms with Crippen molar-refractivity contribution >= 4 is 29.0 Å². The Hall–Kier alpha value is -2.15. The summed E-state index contributed by atoms with van der Waals surface area (Å²) in [5.74, 6) is 1.21. The number of likely N-dealkylation sites (tertiary alicyclic amines) is 1. The second-order valence-corrected chi connectivity index (χ2v) is 7.81. The van der Waals surface area contributed by atoms with Gasteiger partial charge in [0.05, 0.1) is 17.1 Å². The number of carbonyl (C=O) groups is 2. The van der Waals surface area contributed by atoms with Gasteiger partial charge in [0.15, 0.2) is 0 Å². The number of amides is 2. The highest BCUT2D eigenvalue weighted by atomic mass is 32.1. The van der Waals surface area contributed by atoms with Crippen LogP contribution in [0.4, 0.5) is 5.82 Å². The Morgan fingerprint density at radius 2 is 2.16 bits per heavy atom. The minimum absolute atomic E-state index is 0.0486. The van der Waals surface area contributed by atoms with Gasteiger partial charge in [0.2, 0.25) is 5.91 Å². The molecule has 25 heavy (non-hydrogen) atoms. The molecule has 1 aliphatic carbocycles. The van der Waals surface area contributed by atoms with Crippen LogP contribution in [0.2, 0.25) is 0 Å². The summed E-state index contributed by atoms with van der Waals surface area (Å²) in [6.07, 6.45) is 5.72. The predicted molar refractivity (Wildman–Crippen MR) is 96.7 cm³/mol. The van der Waals surface area contributed by atoms with E-state index in [4.69, 9.17) is 0 Å². The van der Waals surface area contributed by atoms with E-state index in [9.17, 15) is 9.59 Å². The van der Waals surface area contributed by atoms with Crippen LogP contribution in [0.15, 0.2) is 29.8 Å². The van der Waals surface area contributed by atoms with Crippen molar-refractivity contribution in [3.63, 3.8) is 0 Å². The summed E-state index contributed by atoms with van der Waals surface area (Å²) in [7, 11) is 0. The molecule has 0 aromatic carbocycles. The summed E-state index contributed by atoms with van der Waals surface area (Å²) < 4.78 is 1.90. The number of thiophene rings is 1. The fourth-order valence-electron chi connectivity index (χ4n) is 3.55. The Labute approximate surface area is 150 Å². The topological polar surface area (TPSA) is 67.2 Å². The second-order valence-electron chi connectivity index (χ2n) is 6.86. The van der Waals surface area contributed by atoms with Gasteiger partial charge >= 0.3 is 0 Å². The van der Waals surface area contributed by atoms with Gasteiger partial charge in [-0.15, -0.1) is 11.3 Å². The van der Waals surface area contributed by atoms with Crippen molar-refractivity contribution in [2.75, 3.05) is 11.9 Å². The molecule has 0 radical (unpaired) electrons. The smallest absolute Gasteiger partial charge is 0.264 e. The Kier molecular flexibility index (Phi) is 4.33. The predicted octanol–water partition coefficient (Wildman–Crippen LogP) is 3.16. The molecule has 0 spiro atoms. The highest BCUT2D eigenvalue weighted by Gasteiger charge is 2.36. The van der Waals surface area contributed by atoms with Gasteiger partial charge in [-0.2, -0.15) is 5.10 Å². The summed E-state index contributed by atoms with van der Waals surface area (Å²) in [4.78, 5) is 27.8. The number of aromatic nitrogens is 2. The molecule has 7 heteroatoms. The molecule has 1 N–H and O–H groups in total. The van der Waals surface area contributed by atoms with E-state index in [-0.39, 0.29) is 17.9 Å². The maximum atomic E-state index is 12.8. The lowest BCUT2D eigenvalue weighted by Gasteiger charge is -2.24. The van der Waals surface area contributed by atoms with Crippen LogP contribution in [0.1, 0.15) is 48.3 Å². The maximum Gasteiger partial charge on any atom is 0.264 e.